The molecule has 0 saturated carbocycles. The first kappa shape index (κ1) is 28.2. The van der Waals surface area contributed by atoms with E-state index in [1.165, 1.54) is 37.1 Å². The van der Waals surface area contributed by atoms with E-state index in [4.69, 9.17) is 9.47 Å². The molecule has 2 amide bonds. The number of methoxy groups -OCH3 is 1. The number of carbonyl (C=O) groups excluding carboxylic acids is 2. The molecule has 1 saturated heterocycles. The highest BCUT2D eigenvalue weighted by atomic mass is 19.1. The summed E-state index contributed by atoms with van der Waals surface area (Å²) >= 11 is 0. The summed E-state index contributed by atoms with van der Waals surface area (Å²) in [5.74, 6) is -1.08. The van der Waals surface area contributed by atoms with Crippen molar-refractivity contribution in [3.05, 3.63) is 35.6 Å². The van der Waals surface area contributed by atoms with Gasteiger partial charge in [-0.05, 0) is 37.3 Å². The number of halogens is 1. The summed E-state index contributed by atoms with van der Waals surface area (Å²) in [7, 11) is 1.38. The largest absolute Gasteiger partial charge is 0.388 e. The molecule has 0 spiro atoms. The summed E-state index contributed by atoms with van der Waals surface area (Å²) in [6.45, 7) is 6.43. The van der Waals surface area contributed by atoms with Gasteiger partial charge in [-0.1, -0.05) is 26.0 Å². The molecule has 1 aliphatic rings. The number of nitrogens with zero attached hydrogens (tertiary/aromatic N) is 2. The van der Waals surface area contributed by atoms with Gasteiger partial charge < -0.3 is 29.5 Å². The lowest BCUT2D eigenvalue weighted by atomic mass is 9.99. The Balaban J connectivity index is 2.47. The Bertz CT molecular complexity index is 792. The molecule has 1 heterocycles. The summed E-state index contributed by atoms with van der Waals surface area (Å²) in [5, 5.41) is 21.1. The molecule has 4 atom stereocenters. The highest BCUT2D eigenvalue weighted by molar-refractivity contribution is 5.94. The fourth-order valence-corrected chi connectivity index (χ4v) is 4.32. The van der Waals surface area contributed by atoms with Gasteiger partial charge in [-0.2, -0.15) is 0 Å². The summed E-state index contributed by atoms with van der Waals surface area (Å²) in [6.07, 6.45) is -1.47. The maximum atomic E-state index is 14.5. The fraction of sp³-hybridized carbons (Fsp3) is 0.680. The molecular weight excluding hydrogens is 443 g/mol. The lowest BCUT2D eigenvalue weighted by Crippen LogP contribution is -2.53. The third-order valence-electron chi connectivity index (χ3n) is 6.12. The van der Waals surface area contributed by atoms with Gasteiger partial charge in [-0.25, -0.2) is 4.39 Å². The van der Waals surface area contributed by atoms with E-state index in [9.17, 15) is 24.2 Å². The monoisotopic (exact) mass is 482 g/mol. The zero-order chi connectivity index (χ0) is 25.3. The van der Waals surface area contributed by atoms with Crippen molar-refractivity contribution >= 4 is 11.8 Å². The topological polar surface area (TPSA) is 99.5 Å². The average Bonchev–Trinajstić information content (AvgIpc) is 2.78. The molecule has 0 radical (unpaired) electrons. The van der Waals surface area contributed by atoms with Crippen LogP contribution in [0.2, 0.25) is 0 Å². The maximum absolute atomic E-state index is 14.5. The highest BCUT2D eigenvalue weighted by Crippen LogP contribution is 2.20. The fourth-order valence-electron chi connectivity index (χ4n) is 4.32. The van der Waals surface area contributed by atoms with Gasteiger partial charge in [0.1, 0.15) is 24.1 Å². The van der Waals surface area contributed by atoms with Crippen LogP contribution in [0.3, 0.4) is 0 Å². The smallest absolute Gasteiger partial charge is 0.256 e. The molecule has 1 aliphatic heterocycles. The van der Waals surface area contributed by atoms with Crippen molar-refractivity contribution < 1.29 is 33.7 Å². The van der Waals surface area contributed by atoms with E-state index in [-0.39, 0.29) is 43.1 Å². The molecule has 2 rings (SSSR count). The van der Waals surface area contributed by atoms with E-state index in [1.807, 2.05) is 13.8 Å². The van der Waals surface area contributed by atoms with Crippen LogP contribution in [0.25, 0.3) is 0 Å². The molecule has 0 aromatic heterocycles. The van der Waals surface area contributed by atoms with Crippen molar-refractivity contribution in [2.45, 2.75) is 64.4 Å². The van der Waals surface area contributed by atoms with Gasteiger partial charge in [0, 0.05) is 46.3 Å². The molecule has 0 aliphatic carbocycles. The Kier molecular flexibility index (Phi) is 11.4. The van der Waals surface area contributed by atoms with Gasteiger partial charge in [0.25, 0.3) is 5.91 Å². The molecule has 2 N–H and O–H groups in total. The number of benzene rings is 1. The molecule has 9 heteroatoms. The predicted molar refractivity (Wildman–Crippen MR) is 126 cm³/mol. The number of aliphatic hydroxyl groups excluding tert-OH is 2. The molecule has 1 aromatic rings. The van der Waals surface area contributed by atoms with Crippen molar-refractivity contribution in [3.8, 4) is 0 Å². The van der Waals surface area contributed by atoms with E-state index >= 15 is 0 Å². The third-order valence-corrected chi connectivity index (χ3v) is 6.12. The van der Waals surface area contributed by atoms with Crippen LogP contribution < -0.4 is 0 Å². The Morgan fingerprint density at radius 3 is 2.53 bits per heavy atom. The van der Waals surface area contributed by atoms with E-state index in [2.05, 4.69) is 0 Å². The van der Waals surface area contributed by atoms with Crippen LogP contribution in [0.4, 0.5) is 4.39 Å². The van der Waals surface area contributed by atoms with Gasteiger partial charge in [0.15, 0.2) is 0 Å². The molecule has 0 bridgehead atoms. The second-order valence-electron chi connectivity index (χ2n) is 9.30. The number of aliphatic hydroxyl groups is 2. The number of hydrogen-bond donors (Lipinski definition) is 2. The predicted octanol–water partition coefficient (Wildman–Crippen LogP) is 2.08. The van der Waals surface area contributed by atoms with Crippen LogP contribution in [0, 0.1) is 11.7 Å². The van der Waals surface area contributed by atoms with E-state index < -0.39 is 30.0 Å². The number of hydrogen-bond acceptors (Lipinski definition) is 6. The Morgan fingerprint density at radius 2 is 1.91 bits per heavy atom. The summed E-state index contributed by atoms with van der Waals surface area (Å²) in [4.78, 5) is 29.2. The highest BCUT2D eigenvalue weighted by Gasteiger charge is 2.34. The van der Waals surface area contributed by atoms with Gasteiger partial charge in [0.2, 0.25) is 5.91 Å². The molecule has 192 valence electrons. The molecular formula is C25H39FN2O6. The number of amides is 2. The maximum Gasteiger partial charge on any atom is 0.256 e. The minimum absolute atomic E-state index is 0.0886. The van der Waals surface area contributed by atoms with Crippen molar-refractivity contribution in [1.29, 1.82) is 0 Å². The van der Waals surface area contributed by atoms with Crippen LogP contribution >= 0.6 is 0 Å². The minimum Gasteiger partial charge on any atom is -0.388 e. The van der Waals surface area contributed by atoms with E-state index in [0.29, 0.717) is 32.4 Å². The molecule has 1 aromatic carbocycles. The lowest BCUT2D eigenvalue weighted by Gasteiger charge is -2.38. The van der Waals surface area contributed by atoms with Gasteiger partial charge in [0.05, 0.1) is 12.2 Å². The standard InChI is InChI=1S/C25H39FN2O6/c1-17(2)13-19-14-27(25(32)20-9-5-6-10-21(20)26)15-23(33-4)24(31)22(30)16-34-12-8-7-11-28(19)18(3)29/h5-6,9-10,17,19,22-24,30-31H,7-8,11-16H2,1-4H3/t19-,22-,23-,24-/m1/s1. The Hall–Kier alpha value is -2.07. The average molecular weight is 483 g/mol. The number of ether oxygens (including phenoxy) is 2. The van der Waals surface area contributed by atoms with E-state index in [0.717, 1.165) is 0 Å². The van der Waals surface area contributed by atoms with Crippen LogP contribution in [-0.4, -0.2) is 96.1 Å². The van der Waals surface area contributed by atoms with Crippen molar-refractivity contribution in [1.82, 2.24) is 9.80 Å². The SMILES string of the molecule is CO[C@@H]1CN(C(=O)c2ccccc2F)C[C@@H](CC(C)C)N(C(C)=O)CCCCOC[C@@H](O)[C@H]1O. The number of rotatable bonds is 4. The molecule has 1 fully saturated rings. The lowest BCUT2D eigenvalue weighted by molar-refractivity contribution is -0.132. The van der Waals surface area contributed by atoms with Crippen molar-refractivity contribution in [2.24, 2.45) is 5.92 Å². The van der Waals surface area contributed by atoms with Gasteiger partial charge in [-0.3, -0.25) is 9.59 Å². The van der Waals surface area contributed by atoms with Crippen LogP contribution in [-0.2, 0) is 14.3 Å². The van der Waals surface area contributed by atoms with Gasteiger partial charge >= 0.3 is 0 Å². The minimum atomic E-state index is -1.32. The summed E-state index contributed by atoms with van der Waals surface area (Å²) in [5.41, 5.74) is -0.102. The Labute approximate surface area is 201 Å². The first-order chi connectivity index (χ1) is 16.1. The van der Waals surface area contributed by atoms with E-state index in [1.54, 1.807) is 11.0 Å². The van der Waals surface area contributed by atoms with Gasteiger partial charge in [-0.15, -0.1) is 0 Å². The zero-order valence-corrected chi connectivity index (χ0v) is 20.7. The summed E-state index contributed by atoms with van der Waals surface area (Å²) < 4.78 is 25.5. The first-order valence-electron chi connectivity index (χ1n) is 11.9. The van der Waals surface area contributed by atoms with Crippen molar-refractivity contribution in [3.63, 3.8) is 0 Å². The number of carbonyl (C=O) groups is 2. The second kappa shape index (κ2) is 13.7. The second-order valence-corrected chi connectivity index (χ2v) is 9.30. The zero-order valence-electron chi connectivity index (χ0n) is 20.7. The third kappa shape index (κ3) is 8.01. The van der Waals surface area contributed by atoms with Crippen LogP contribution in [0.1, 0.15) is 50.4 Å². The van der Waals surface area contributed by atoms with Crippen molar-refractivity contribution in [2.75, 3.05) is 40.0 Å². The quantitative estimate of drug-likeness (QED) is 0.682. The van der Waals surface area contributed by atoms with Crippen LogP contribution in [0.5, 0.6) is 0 Å². The summed E-state index contributed by atoms with van der Waals surface area (Å²) in [6, 6.07) is 5.40. The molecule has 8 nitrogen and oxygen atoms in total. The van der Waals surface area contributed by atoms with Crippen LogP contribution in [0.15, 0.2) is 24.3 Å². The Morgan fingerprint density at radius 1 is 1.21 bits per heavy atom. The first-order valence-corrected chi connectivity index (χ1v) is 11.9. The molecule has 34 heavy (non-hydrogen) atoms. The molecule has 0 unspecified atom stereocenters. The normalized spacial score (nSPS) is 25.8.